The molecule has 3 nitrogen and oxygen atoms in total. The lowest BCUT2D eigenvalue weighted by Gasteiger charge is -2.17. The average Bonchev–Trinajstić information content (AvgIpc) is 2.40. The minimum Gasteiger partial charge on any atom is -0.508 e. The number of nitrogens with zero attached hydrogens (tertiary/aromatic N) is 1. The minimum atomic E-state index is -0.0874. The van der Waals surface area contributed by atoms with Crippen LogP contribution in [0.1, 0.15) is 15.9 Å². The Kier molecular flexibility index (Phi) is 4.07. The highest BCUT2D eigenvalue weighted by Gasteiger charge is 2.12. The topological polar surface area (TPSA) is 40.5 Å². The monoisotopic (exact) mass is 275 g/mol. The average molecular weight is 276 g/mol. The smallest absolute Gasteiger partial charge is 0.253 e. The molecule has 1 N–H and O–H groups in total. The summed E-state index contributed by atoms with van der Waals surface area (Å²) >= 11 is 5.87. The van der Waals surface area contributed by atoms with Crippen LogP contribution in [-0.4, -0.2) is 23.0 Å². The van der Waals surface area contributed by atoms with Gasteiger partial charge in [-0.3, -0.25) is 4.79 Å². The third-order valence-corrected chi connectivity index (χ3v) is 3.01. The van der Waals surface area contributed by atoms with Gasteiger partial charge in [0.15, 0.2) is 0 Å². The van der Waals surface area contributed by atoms with Crippen LogP contribution in [0.25, 0.3) is 0 Å². The molecule has 98 valence electrons. The zero-order valence-corrected chi connectivity index (χ0v) is 11.3. The van der Waals surface area contributed by atoms with Gasteiger partial charge in [0.2, 0.25) is 0 Å². The number of halogens is 1. The number of carbonyl (C=O) groups is 1. The summed E-state index contributed by atoms with van der Waals surface area (Å²) in [4.78, 5) is 13.8. The quantitative estimate of drug-likeness (QED) is 0.933. The van der Waals surface area contributed by atoms with Crippen LogP contribution in [0.15, 0.2) is 48.5 Å². The van der Waals surface area contributed by atoms with E-state index in [0.717, 1.165) is 5.56 Å². The molecule has 4 heteroatoms. The summed E-state index contributed by atoms with van der Waals surface area (Å²) in [6, 6.07) is 13.7. The molecule has 19 heavy (non-hydrogen) atoms. The Hall–Kier alpha value is -2.00. The zero-order chi connectivity index (χ0) is 13.8. The van der Waals surface area contributed by atoms with Crippen molar-refractivity contribution in [2.45, 2.75) is 6.54 Å². The highest BCUT2D eigenvalue weighted by molar-refractivity contribution is 6.30. The van der Waals surface area contributed by atoms with E-state index in [9.17, 15) is 9.90 Å². The van der Waals surface area contributed by atoms with Crippen molar-refractivity contribution in [3.63, 3.8) is 0 Å². The molecule has 0 aromatic heterocycles. The van der Waals surface area contributed by atoms with E-state index < -0.39 is 0 Å². The van der Waals surface area contributed by atoms with Crippen LogP contribution < -0.4 is 0 Å². The molecule has 0 radical (unpaired) electrons. The normalized spacial score (nSPS) is 10.2. The lowest BCUT2D eigenvalue weighted by Crippen LogP contribution is -2.26. The van der Waals surface area contributed by atoms with Crippen molar-refractivity contribution in [2.24, 2.45) is 0 Å². The Labute approximate surface area is 117 Å². The second-order valence-electron chi connectivity index (χ2n) is 4.34. The van der Waals surface area contributed by atoms with Crippen molar-refractivity contribution >= 4 is 17.5 Å². The molecule has 0 aliphatic carbocycles. The molecule has 1 amide bonds. The molecule has 2 aromatic carbocycles. The van der Waals surface area contributed by atoms with E-state index in [1.54, 1.807) is 60.5 Å². The maximum atomic E-state index is 12.2. The van der Waals surface area contributed by atoms with Crippen molar-refractivity contribution in [3.05, 3.63) is 64.7 Å². The fourth-order valence-electron chi connectivity index (χ4n) is 1.79. The highest BCUT2D eigenvalue weighted by atomic mass is 35.5. The summed E-state index contributed by atoms with van der Waals surface area (Å²) in [6.45, 7) is 0.478. The Balaban J connectivity index is 2.09. The Morgan fingerprint density at radius 1 is 1.21 bits per heavy atom. The molecule has 0 aliphatic rings. The highest BCUT2D eigenvalue weighted by Crippen LogP contribution is 2.15. The van der Waals surface area contributed by atoms with Crippen LogP contribution >= 0.6 is 11.6 Å². The van der Waals surface area contributed by atoms with Gasteiger partial charge < -0.3 is 10.0 Å². The molecule has 0 fully saturated rings. The minimum absolute atomic E-state index is 0.0874. The molecule has 0 saturated carbocycles. The largest absolute Gasteiger partial charge is 0.508 e. The van der Waals surface area contributed by atoms with Crippen molar-refractivity contribution in [1.29, 1.82) is 0 Å². The van der Waals surface area contributed by atoms with Gasteiger partial charge in [-0.1, -0.05) is 29.8 Å². The third-order valence-electron chi connectivity index (χ3n) is 2.77. The molecule has 0 heterocycles. The molecule has 0 unspecified atom stereocenters. The fourth-order valence-corrected chi connectivity index (χ4v) is 1.98. The first-order valence-corrected chi connectivity index (χ1v) is 6.23. The van der Waals surface area contributed by atoms with Crippen molar-refractivity contribution < 1.29 is 9.90 Å². The lowest BCUT2D eigenvalue weighted by molar-refractivity contribution is 0.0785. The van der Waals surface area contributed by atoms with E-state index in [4.69, 9.17) is 11.6 Å². The summed E-state index contributed by atoms with van der Waals surface area (Å²) in [5, 5.41) is 9.76. The van der Waals surface area contributed by atoms with Gasteiger partial charge in [-0.25, -0.2) is 0 Å². The number of amides is 1. The van der Waals surface area contributed by atoms with Crippen LogP contribution in [-0.2, 0) is 6.54 Å². The zero-order valence-electron chi connectivity index (χ0n) is 10.5. The molecule has 2 rings (SSSR count). The number of rotatable bonds is 3. The number of benzene rings is 2. The molecule has 2 aromatic rings. The van der Waals surface area contributed by atoms with Gasteiger partial charge in [-0.2, -0.15) is 0 Å². The van der Waals surface area contributed by atoms with Crippen LogP contribution in [0.3, 0.4) is 0 Å². The Morgan fingerprint density at radius 2 is 1.89 bits per heavy atom. The van der Waals surface area contributed by atoms with E-state index in [0.29, 0.717) is 17.1 Å². The molecule has 0 saturated heterocycles. The molecule has 0 atom stereocenters. The first-order chi connectivity index (χ1) is 9.06. The predicted molar refractivity (Wildman–Crippen MR) is 75.4 cm³/mol. The maximum Gasteiger partial charge on any atom is 0.253 e. The van der Waals surface area contributed by atoms with E-state index in [1.165, 1.54) is 0 Å². The molecular formula is C15H14ClNO2. The summed E-state index contributed by atoms with van der Waals surface area (Å²) in [5.41, 5.74) is 1.52. The molecule has 0 bridgehead atoms. The second-order valence-corrected chi connectivity index (χ2v) is 4.77. The van der Waals surface area contributed by atoms with Crippen molar-refractivity contribution in [1.82, 2.24) is 4.90 Å². The van der Waals surface area contributed by atoms with Gasteiger partial charge in [0.05, 0.1) is 0 Å². The number of phenolic OH excluding ortho intramolecular Hbond substituents is 1. The van der Waals surface area contributed by atoms with Crippen molar-refractivity contribution in [3.8, 4) is 5.75 Å². The maximum absolute atomic E-state index is 12.2. The summed E-state index contributed by atoms with van der Waals surface area (Å²) in [7, 11) is 1.73. The van der Waals surface area contributed by atoms with Gasteiger partial charge >= 0.3 is 0 Å². The van der Waals surface area contributed by atoms with Gasteiger partial charge in [-0.05, 0) is 35.9 Å². The van der Waals surface area contributed by atoms with Gasteiger partial charge in [0, 0.05) is 24.2 Å². The lowest BCUT2D eigenvalue weighted by atomic mass is 10.1. The van der Waals surface area contributed by atoms with Crippen LogP contribution in [0.5, 0.6) is 5.75 Å². The fraction of sp³-hybridized carbons (Fsp3) is 0.133. The number of carbonyl (C=O) groups excluding carboxylic acids is 1. The van der Waals surface area contributed by atoms with Crippen LogP contribution in [0, 0.1) is 0 Å². The van der Waals surface area contributed by atoms with E-state index in [-0.39, 0.29) is 11.7 Å². The van der Waals surface area contributed by atoms with Crippen molar-refractivity contribution in [2.75, 3.05) is 7.05 Å². The summed E-state index contributed by atoms with van der Waals surface area (Å²) < 4.78 is 0. The number of hydrogen-bond donors (Lipinski definition) is 1. The summed E-state index contributed by atoms with van der Waals surface area (Å²) in [5.74, 6) is 0.128. The first-order valence-electron chi connectivity index (χ1n) is 5.85. The van der Waals surface area contributed by atoms with E-state index >= 15 is 0 Å². The Bertz CT molecular complexity index is 581. The molecule has 0 spiro atoms. The number of aromatic hydroxyl groups is 1. The predicted octanol–water partition coefficient (Wildman–Crippen LogP) is 3.32. The standard InChI is InChI=1S/C15H14ClNO2/c1-17(10-11-5-7-14(18)8-6-11)15(19)12-3-2-4-13(16)9-12/h2-9,18H,10H2,1H3. The summed E-state index contributed by atoms with van der Waals surface area (Å²) in [6.07, 6.45) is 0. The number of phenols is 1. The SMILES string of the molecule is CN(Cc1ccc(O)cc1)C(=O)c1cccc(Cl)c1. The number of hydrogen-bond acceptors (Lipinski definition) is 2. The van der Waals surface area contributed by atoms with E-state index in [2.05, 4.69) is 0 Å². The Morgan fingerprint density at radius 3 is 2.53 bits per heavy atom. The second kappa shape index (κ2) is 5.76. The van der Waals surface area contributed by atoms with Gasteiger partial charge in [0.25, 0.3) is 5.91 Å². The van der Waals surface area contributed by atoms with Gasteiger partial charge in [-0.15, -0.1) is 0 Å². The third kappa shape index (κ3) is 3.48. The van der Waals surface area contributed by atoms with Crippen LogP contribution in [0.2, 0.25) is 5.02 Å². The first kappa shape index (κ1) is 13.4. The van der Waals surface area contributed by atoms with Crippen LogP contribution in [0.4, 0.5) is 0 Å². The molecule has 0 aliphatic heterocycles. The van der Waals surface area contributed by atoms with E-state index in [1.807, 2.05) is 0 Å². The van der Waals surface area contributed by atoms with Gasteiger partial charge in [0.1, 0.15) is 5.75 Å². The molecular weight excluding hydrogens is 262 g/mol.